The summed E-state index contributed by atoms with van der Waals surface area (Å²) in [7, 11) is 3.02. The normalized spacial score (nSPS) is 11.7. The molecule has 0 heterocycles. The fourth-order valence-corrected chi connectivity index (χ4v) is 2.41. The molecule has 0 bridgehead atoms. The van der Waals surface area contributed by atoms with Gasteiger partial charge in [0.15, 0.2) is 5.82 Å². The number of carbonyl (C=O) groups excluding carboxylic acids is 1. The van der Waals surface area contributed by atoms with E-state index in [-0.39, 0.29) is 17.5 Å². The summed E-state index contributed by atoms with van der Waals surface area (Å²) in [6.45, 7) is 1.91. The Morgan fingerprint density at radius 2 is 1.83 bits per heavy atom. The first-order valence-electron chi connectivity index (χ1n) is 7.38. The zero-order valence-electron chi connectivity index (χ0n) is 13.4. The zero-order chi connectivity index (χ0) is 16.8. The van der Waals surface area contributed by atoms with Crippen molar-refractivity contribution in [2.24, 2.45) is 0 Å². The van der Waals surface area contributed by atoms with Gasteiger partial charge in [0.05, 0.1) is 20.1 Å². The van der Waals surface area contributed by atoms with Gasteiger partial charge in [-0.1, -0.05) is 25.1 Å². The number of carbonyl (C=O) groups is 1. The van der Waals surface area contributed by atoms with Crippen LogP contribution in [0.15, 0.2) is 42.5 Å². The van der Waals surface area contributed by atoms with E-state index in [9.17, 15) is 9.18 Å². The van der Waals surface area contributed by atoms with Crippen molar-refractivity contribution in [1.82, 2.24) is 0 Å². The number of halogens is 1. The monoisotopic (exact) mass is 317 g/mol. The number of anilines is 1. The lowest BCUT2D eigenvalue weighted by atomic mass is 9.95. The summed E-state index contributed by atoms with van der Waals surface area (Å²) < 4.78 is 24.2. The number of nitrogens with one attached hydrogen (secondary N) is 1. The molecule has 1 atom stereocenters. The van der Waals surface area contributed by atoms with Crippen molar-refractivity contribution in [2.45, 2.75) is 19.3 Å². The Morgan fingerprint density at radius 1 is 1.13 bits per heavy atom. The highest BCUT2D eigenvalue weighted by Gasteiger charge is 2.21. The van der Waals surface area contributed by atoms with E-state index in [4.69, 9.17) is 9.47 Å². The summed E-state index contributed by atoms with van der Waals surface area (Å²) >= 11 is 0. The van der Waals surface area contributed by atoms with Gasteiger partial charge in [0, 0.05) is 0 Å². The average molecular weight is 317 g/mol. The lowest BCUT2D eigenvalue weighted by molar-refractivity contribution is -0.117. The van der Waals surface area contributed by atoms with E-state index in [0.29, 0.717) is 12.2 Å². The molecule has 122 valence electrons. The molecule has 0 aromatic heterocycles. The van der Waals surface area contributed by atoms with Gasteiger partial charge in [0.25, 0.3) is 0 Å². The van der Waals surface area contributed by atoms with Gasteiger partial charge in [-0.05, 0) is 36.2 Å². The Labute approximate surface area is 135 Å². The zero-order valence-corrected chi connectivity index (χ0v) is 13.4. The summed E-state index contributed by atoms with van der Waals surface area (Å²) in [5, 5.41) is 2.64. The first-order chi connectivity index (χ1) is 11.1. The van der Waals surface area contributed by atoms with Crippen LogP contribution in [0.1, 0.15) is 24.8 Å². The maximum Gasteiger partial charge on any atom is 0.232 e. The number of hydrogen-bond acceptors (Lipinski definition) is 3. The molecule has 23 heavy (non-hydrogen) atoms. The first kappa shape index (κ1) is 16.8. The van der Waals surface area contributed by atoms with Gasteiger partial charge in [-0.3, -0.25) is 4.79 Å². The van der Waals surface area contributed by atoms with Crippen molar-refractivity contribution in [2.75, 3.05) is 19.5 Å². The van der Waals surface area contributed by atoms with Crippen molar-refractivity contribution in [3.05, 3.63) is 53.8 Å². The summed E-state index contributed by atoms with van der Waals surface area (Å²) in [6.07, 6.45) is 0.592. The summed E-state index contributed by atoms with van der Waals surface area (Å²) in [4.78, 5) is 12.6. The van der Waals surface area contributed by atoms with Crippen LogP contribution >= 0.6 is 0 Å². The average Bonchev–Trinajstić information content (AvgIpc) is 2.58. The molecule has 2 aromatic rings. The third-order valence-corrected chi connectivity index (χ3v) is 3.69. The molecule has 4 nitrogen and oxygen atoms in total. The Kier molecular flexibility index (Phi) is 5.57. The standard InChI is InChI=1S/C18H20FNO3/c1-4-14(12-8-10-13(22-2)11-9-12)18(21)20-17-15(19)6-5-7-16(17)23-3/h5-11,14H,4H2,1-3H3,(H,20,21)/t14-/m1/s1. The molecule has 0 spiro atoms. The van der Waals surface area contributed by atoms with E-state index in [2.05, 4.69) is 5.32 Å². The molecule has 0 fully saturated rings. The molecule has 2 aromatic carbocycles. The van der Waals surface area contributed by atoms with Gasteiger partial charge in [0.1, 0.15) is 17.2 Å². The predicted molar refractivity (Wildman–Crippen MR) is 87.6 cm³/mol. The highest BCUT2D eigenvalue weighted by Crippen LogP contribution is 2.30. The number of benzene rings is 2. The molecule has 1 amide bonds. The van der Waals surface area contributed by atoms with Crippen LogP contribution < -0.4 is 14.8 Å². The Morgan fingerprint density at radius 3 is 2.39 bits per heavy atom. The second-order valence-corrected chi connectivity index (χ2v) is 5.04. The molecule has 0 aliphatic heterocycles. The molecule has 0 aliphatic rings. The molecule has 0 saturated carbocycles. The Hall–Kier alpha value is -2.56. The molecule has 0 aliphatic carbocycles. The topological polar surface area (TPSA) is 47.6 Å². The highest BCUT2D eigenvalue weighted by molar-refractivity contribution is 5.97. The third kappa shape index (κ3) is 3.80. The summed E-state index contributed by atoms with van der Waals surface area (Å²) in [6, 6.07) is 11.7. The second-order valence-electron chi connectivity index (χ2n) is 5.04. The van der Waals surface area contributed by atoms with Crippen molar-refractivity contribution >= 4 is 11.6 Å². The van der Waals surface area contributed by atoms with E-state index in [1.807, 2.05) is 19.1 Å². The molecule has 0 saturated heterocycles. The third-order valence-electron chi connectivity index (χ3n) is 3.69. The van der Waals surface area contributed by atoms with Crippen molar-refractivity contribution in [3.63, 3.8) is 0 Å². The lowest BCUT2D eigenvalue weighted by Crippen LogP contribution is -2.21. The SMILES string of the molecule is CC[C@@H](C(=O)Nc1c(F)cccc1OC)c1ccc(OC)cc1. The van der Waals surface area contributed by atoms with Crippen LogP contribution in [0.3, 0.4) is 0 Å². The van der Waals surface area contributed by atoms with Crippen LogP contribution in [0.5, 0.6) is 11.5 Å². The fourth-order valence-electron chi connectivity index (χ4n) is 2.41. The molecule has 5 heteroatoms. The van der Waals surface area contributed by atoms with Crippen LogP contribution in [0.4, 0.5) is 10.1 Å². The van der Waals surface area contributed by atoms with Crippen molar-refractivity contribution < 1.29 is 18.7 Å². The molecule has 0 unspecified atom stereocenters. The van der Waals surface area contributed by atoms with Crippen LogP contribution in [0.2, 0.25) is 0 Å². The van der Waals surface area contributed by atoms with Gasteiger partial charge in [-0.25, -0.2) is 4.39 Å². The molecule has 1 N–H and O–H groups in total. The van der Waals surface area contributed by atoms with Crippen molar-refractivity contribution in [1.29, 1.82) is 0 Å². The molecular weight excluding hydrogens is 297 g/mol. The Balaban J connectivity index is 2.23. The van der Waals surface area contributed by atoms with Crippen molar-refractivity contribution in [3.8, 4) is 11.5 Å². The largest absolute Gasteiger partial charge is 0.497 e. The van der Waals surface area contributed by atoms with Gasteiger partial charge in [-0.2, -0.15) is 0 Å². The van der Waals surface area contributed by atoms with Gasteiger partial charge in [0.2, 0.25) is 5.91 Å². The minimum Gasteiger partial charge on any atom is -0.497 e. The number of hydrogen-bond donors (Lipinski definition) is 1. The fraction of sp³-hybridized carbons (Fsp3) is 0.278. The van der Waals surface area contributed by atoms with E-state index in [1.54, 1.807) is 25.3 Å². The number of rotatable bonds is 6. The molecule has 0 radical (unpaired) electrons. The summed E-state index contributed by atoms with van der Waals surface area (Å²) in [5.41, 5.74) is 0.910. The second kappa shape index (κ2) is 7.63. The number of methoxy groups -OCH3 is 2. The maximum absolute atomic E-state index is 14.0. The quantitative estimate of drug-likeness (QED) is 0.877. The van der Waals surface area contributed by atoms with Crippen LogP contribution in [0.25, 0.3) is 0 Å². The summed E-state index contributed by atoms with van der Waals surface area (Å²) in [5.74, 6) is -0.170. The van der Waals surface area contributed by atoms with Crippen LogP contribution in [-0.2, 0) is 4.79 Å². The van der Waals surface area contributed by atoms with Gasteiger partial charge < -0.3 is 14.8 Å². The highest BCUT2D eigenvalue weighted by atomic mass is 19.1. The number of ether oxygens (including phenoxy) is 2. The first-order valence-corrected chi connectivity index (χ1v) is 7.38. The Bertz CT molecular complexity index is 670. The van der Waals surface area contributed by atoms with Crippen LogP contribution in [0, 0.1) is 5.82 Å². The lowest BCUT2D eigenvalue weighted by Gasteiger charge is -2.17. The predicted octanol–water partition coefficient (Wildman–Crippen LogP) is 3.98. The van der Waals surface area contributed by atoms with E-state index in [0.717, 1.165) is 11.3 Å². The number of amides is 1. The van der Waals surface area contributed by atoms with E-state index in [1.165, 1.54) is 19.2 Å². The maximum atomic E-state index is 14.0. The molecule has 2 rings (SSSR count). The van der Waals surface area contributed by atoms with E-state index >= 15 is 0 Å². The minimum atomic E-state index is -0.526. The van der Waals surface area contributed by atoms with Crippen LogP contribution in [-0.4, -0.2) is 20.1 Å². The minimum absolute atomic E-state index is 0.0620. The smallest absolute Gasteiger partial charge is 0.232 e. The molecular formula is C18H20FNO3. The van der Waals surface area contributed by atoms with Gasteiger partial charge >= 0.3 is 0 Å². The van der Waals surface area contributed by atoms with E-state index < -0.39 is 5.82 Å². The number of para-hydroxylation sites is 1. The van der Waals surface area contributed by atoms with Gasteiger partial charge in [-0.15, -0.1) is 0 Å².